The topological polar surface area (TPSA) is 91.4 Å². The third kappa shape index (κ3) is 3.80. The fourth-order valence-corrected chi connectivity index (χ4v) is 2.62. The summed E-state index contributed by atoms with van der Waals surface area (Å²) in [5.74, 6) is 0.403. The highest BCUT2D eigenvalue weighted by atomic mass is 16.5. The number of rotatable bonds is 6. The van der Waals surface area contributed by atoms with Crippen LogP contribution >= 0.6 is 0 Å². The largest absolute Gasteiger partial charge is 0.489 e. The zero-order valence-corrected chi connectivity index (χ0v) is 13.7. The second-order valence-corrected chi connectivity index (χ2v) is 5.72. The molecule has 2 aromatic carbocycles. The van der Waals surface area contributed by atoms with E-state index >= 15 is 0 Å². The lowest BCUT2D eigenvalue weighted by molar-refractivity contribution is 0.0947. The molecule has 0 saturated carbocycles. The summed E-state index contributed by atoms with van der Waals surface area (Å²) in [7, 11) is 0. The van der Waals surface area contributed by atoms with Gasteiger partial charge in [0.15, 0.2) is 5.78 Å². The van der Waals surface area contributed by atoms with Crippen LogP contribution in [0.4, 0.5) is 4.79 Å². The van der Waals surface area contributed by atoms with E-state index in [-0.39, 0.29) is 5.78 Å². The summed E-state index contributed by atoms with van der Waals surface area (Å²) in [5, 5.41) is 11.7. The van der Waals surface area contributed by atoms with Gasteiger partial charge >= 0.3 is 6.09 Å². The van der Waals surface area contributed by atoms with Crippen molar-refractivity contribution in [2.24, 2.45) is 0 Å². The van der Waals surface area contributed by atoms with E-state index in [1.807, 2.05) is 36.4 Å². The summed E-state index contributed by atoms with van der Waals surface area (Å²) < 4.78 is 5.77. The van der Waals surface area contributed by atoms with Gasteiger partial charge in [-0.3, -0.25) is 4.79 Å². The molecule has 0 aliphatic carbocycles. The molecule has 1 heterocycles. The highest BCUT2D eigenvalue weighted by Crippen LogP contribution is 2.25. The van der Waals surface area contributed by atoms with E-state index in [0.29, 0.717) is 17.9 Å². The normalized spacial score (nSPS) is 11.9. The van der Waals surface area contributed by atoms with E-state index in [1.54, 1.807) is 18.3 Å². The molecule has 1 aromatic heterocycles. The van der Waals surface area contributed by atoms with E-state index in [9.17, 15) is 9.59 Å². The fourth-order valence-electron chi connectivity index (χ4n) is 2.62. The number of aromatic amines is 1. The standard InChI is InChI=1S/C19H18N2O4/c1-12(21-19(23)24)18(22)16-10-20-17-9-14(7-8-15(16)17)25-11-13-5-3-2-4-6-13/h2-10,12,20-21H,11H2,1H3,(H,23,24)/t12-/m1/s1. The molecule has 0 unspecified atom stereocenters. The van der Waals surface area contributed by atoms with Gasteiger partial charge in [0.05, 0.1) is 6.04 Å². The Morgan fingerprint density at radius 1 is 1.20 bits per heavy atom. The van der Waals surface area contributed by atoms with Crippen molar-refractivity contribution in [3.05, 3.63) is 65.9 Å². The Morgan fingerprint density at radius 3 is 2.68 bits per heavy atom. The minimum atomic E-state index is -1.22. The van der Waals surface area contributed by atoms with Crippen molar-refractivity contribution in [2.75, 3.05) is 0 Å². The smallest absolute Gasteiger partial charge is 0.405 e. The van der Waals surface area contributed by atoms with Crippen molar-refractivity contribution in [2.45, 2.75) is 19.6 Å². The molecule has 128 valence electrons. The van der Waals surface area contributed by atoms with Crippen LogP contribution in [0.25, 0.3) is 10.9 Å². The Balaban J connectivity index is 1.76. The SMILES string of the molecule is C[C@@H](NC(=O)O)C(=O)c1c[nH]c2cc(OCc3ccccc3)ccc12. The molecule has 1 atom stereocenters. The molecule has 0 fully saturated rings. The number of carboxylic acid groups (broad SMARTS) is 1. The number of ketones is 1. The van der Waals surface area contributed by atoms with Crippen LogP contribution in [0.3, 0.4) is 0 Å². The summed E-state index contributed by atoms with van der Waals surface area (Å²) in [6.07, 6.45) is 0.367. The highest BCUT2D eigenvalue weighted by Gasteiger charge is 2.20. The summed E-state index contributed by atoms with van der Waals surface area (Å²) in [4.78, 5) is 26.1. The Labute approximate surface area is 144 Å². The second-order valence-electron chi connectivity index (χ2n) is 5.72. The molecule has 0 aliphatic rings. The van der Waals surface area contributed by atoms with Crippen molar-refractivity contribution >= 4 is 22.8 Å². The van der Waals surface area contributed by atoms with E-state index in [1.165, 1.54) is 6.92 Å². The van der Waals surface area contributed by atoms with Gasteiger partial charge in [-0.15, -0.1) is 0 Å². The quantitative estimate of drug-likeness (QED) is 0.599. The molecule has 1 amide bonds. The van der Waals surface area contributed by atoms with Crippen LogP contribution in [-0.2, 0) is 6.61 Å². The number of fused-ring (bicyclic) bond motifs is 1. The van der Waals surface area contributed by atoms with Crippen molar-refractivity contribution in [1.82, 2.24) is 10.3 Å². The van der Waals surface area contributed by atoms with Crippen LogP contribution in [0, 0.1) is 0 Å². The molecular weight excluding hydrogens is 320 g/mol. The third-order valence-electron chi connectivity index (χ3n) is 3.90. The highest BCUT2D eigenvalue weighted by molar-refractivity contribution is 6.10. The monoisotopic (exact) mass is 338 g/mol. The molecule has 0 aliphatic heterocycles. The van der Waals surface area contributed by atoms with Crippen LogP contribution in [0.2, 0.25) is 0 Å². The van der Waals surface area contributed by atoms with E-state index in [4.69, 9.17) is 9.84 Å². The van der Waals surface area contributed by atoms with E-state index < -0.39 is 12.1 Å². The molecular formula is C19H18N2O4. The van der Waals surface area contributed by atoms with Gasteiger partial charge in [-0.2, -0.15) is 0 Å². The lowest BCUT2D eigenvalue weighted by Gasteiger charge is -2.09. The summed E-state index contributed by atoms with van der Waals surface area (Å²) >= 11 is 0. The Kier molecular flexibility index (Phi) is 4.70. The molecule has 3 rings (SSSR count). The van der Waals surface area contributed by atoms with Gasteiger partial charge in [-0.05, 0) is 24.6 Å². The Morgan fingerprint density at radius 2 is 1.96 bits per heavy atom. The number of hydrogen-bond donors (Lipinski definition) is 3. The maximum atomic E-state index is 12.4. The zero-order chi connectivity index (χ0) is 17.8. The van der Waals surface area contributed by atoms with Crippen LogP contribution in [0.5, 0.6) is 5.75 Å². The molecule has 0 radical (unpaired) electrons. The van der Waals surface area contributed by atoms with Crippen LogP contribution in [-0.4, -0.2) is 28.0 Å². The van der Waals surface area contributed by atoms with Gasteiger partial charge < -0.3 is 20.1 Å². The van der Waals surface area contributed by atoms with Gasteiger partial charge in [-0.25, -0.2) is 4.79 Å². The minimum absolute atomic E-state index is 0.286. The average Bonchev–Trinajstić information content (AvgIpc) is 3.02. The first-order chi connectivity index (χ1) is 12.0. The van der Waals surface area contributed by atoms with Crippen molar-refractivity contribution < 1.29 is 19.4 Å². The predicted molar refractivity (Wildman–Crippen MR) is 94.0 cm³/mol. The summed E-state index contributed by atoms with van der Waals surface area (Å²) in [5.41, 5.74) is 2.28. The Hall–Kier alpha value is -3.28. The maximum Gasteiger partial charge on any atom is 0.405 e. The molecule has 0 spiro atoms. The summed E-state index contributed by atoms with van der Waals surface area (Å²) in [6.45, 7) is 1.98. The van der Waals surface area contributed by atoms with Crippen LogP contribution in [0.1, 0.15) is 22.8 Å². The molecule has 0 bridgehead atoms. The average molecular weight is 338 g/mol. The first-order valence-corrected chi connectivity index (χ1v) is 7.86. The van der Waals surface area contributed by atoms with Gasteiger partial charge in [0, 0.05) is 28.7 Å². The van der Waals surface area contributed by atoms with Gasteiger partial charge in [0.1, 0.15) is 12.4 Å². The molecule has 6 heteroatoms. The van der Waals surface area contributed by atoms with Crippen molar-refractivity contribution in [1.29, 1.82) is 0 Å². The third-order valence-corrected chi connectivity index (χ3v) is 3.90. The molecule has 3 aromatic rings. The second kappa shape index (κ2) is 7.09. The molecule has 6 nitrogen and oxygen atoms in total. The van der Waals surface area contributed by atoms with E-state index in [0.717, 1.165) is 16.5 Å². The van der Waals surface area contributed by atoms with Gasteiger partial charge in [0.2, 0.25) is 0 Å². The number of benzene rings is 2. The van der Waals surface area contributed by atoms with Crippen LogP contribution in [0.15, 0.2) is 54.7 Å². The Bertz CT molecular complexity index is 902. The maximum absolute atomic E-state index is 12.4. The lowest BCUT2D eigenvalue weighted by Crippen LogP contribution is -2.37. The fraction of sp³-hybridized carbons (Fsp3) is 0.158. The van der Waals surface area contributed by atoms with Gasteiger partial charge in [0.25, 0.3) is 0 Å². The summed E-state index contributed by atoms with van der Waals surface area (Å²) in [6, 6.07) is 14.4. The van der Waals surface area contributed by atoms with Crippen molar-refractivity contribution in [3.63, 3.8) is 0 Å². The minimum Gasteiger partial charge on any atom is -0.489 e. The number of amides is 1. The lowest BCUT2D eigenvalue weighted by atomic mass is 10.0. The molecule has 3 N–H and O–H groups in total. The van der Waals surface area contributed by atoms with Crippen molar-refractivity contribution in [3.8, 4) is 5.75 Å². The molecule has 25 heavy (non-hydrogen) atoms. The van der Waals surface area contributed by atoms with Crippen LogP contribution < -0.4 is 10.1 Å². The predicted octanol–water partition coefficient (Wildman–Crippen LogP) is 3.59. The first-order valence-electron chi connectivity index (χ1n) is 7.86. The number of hydrogen-bond acceptors (Lipinski definition) is 3. The number of nitrogens with one attached hydrogen (secondary N) is 2. The number of aromatic nitrogens is 1. The zero-order valence-electron chi connectivity index (χ0n) is 13.7. The first kappa shape index (κ1) is 16.6. The molecule has 0 saturated heterocycles. The number of Topliss-reactive ketones (excluding diaryl/α,β-unsaturated/α-hetero) is 1. The number of H-pyrrole nitrogens is 1. The number of ether oxygens (including phenoxy) is 1. The number of carbonyl (C=O) groups is 2. The number of carbonyl (C=O) groups excluding carboxylic acids is 1. The van der Waals surface area contributed by atoms with Gasteiger partial charge in [-0.1, -0.05) is 30.3 Å². The van der Waals surface area contributed by atoms with E-state index in [2.05, 4.69) is 10.3 Å².